The van der Waals surface area contributed by atoms with Crippen LogP contribution in [0.2, 0.25) is 0 Å². The van der Waals surface area contributed by atoms with E-state index in [1.807, 2.05) is 30.3 Å². The first-order valence-electron chi connectivity index (χ1n) is 10.2. The fourth-order valence-electron chi connectivity index (χ4n) is 3.42. The van der Waals surface area contributed by atoms with Gasteiger partial charge in [0.05, 0.1) is 33.6 Å². The zero-order valence-corrected chi connectivity index (χ0v) is 18.6. The lowest BCUT2D eigenvalue weighted by molar-refractivity contribution is -0.135. The third kappa shape index (κ3) is 4.93. The van der Waals surface area contributed by atoms with Crippen LogP contribution in [-0.2, 0) is 20.9 Å². The van der Waals surface area contributed by atoms with Crippen LogP contribution in [0.1, 0.15) is 18.9 Å². The summed E-state index contributed by atoms with van der Waals surface area (Å²) in [5, 5.41) is 8.84. The summed E-state index contributed by atoms with van der Waals surface area (Å²) < 4.78 is 21.1. The Bertz CT molecular complexity index is 967. The highest BCUT2D eigenvalue weighted by atomic mass is 16.5. The highest BCUT2D eigenvalue weighted by Crippen LogP contribution is 2.38. The molecule has 1 heterocycles. The second-order valence-electron chi connectivity index (χ2n) is 6.92. The number of hydrazone groups is 1. The van der Waals surface area contributed by atoms with E-state index in [9.17, 15) is 9.59 Å². The van der Waals surface area contributed by atoms with E-state index in [1.54, 1.807) is 24.1 Å². The van der Waals surface area contributed by atoms with E-state index in [2.05, 4.69) is 10.4 Å². The van der Waals surface area contributed by atoms with Gasteiger partial charge in [-0.3, -0.25) is 9.80 Å². The molecule has 0 saturated carbocycles. The number of nitrogens with zero attached hydrogens (tertiary/aromatic N) is 2. The predicted molar refractivity (Wildman–Crippen MR) is 119 cm³/mol. The van der Waals surface area contributed by atoms with Gasteiger partial charge in [-0.05, 0) is 36.8 Å². The number of ether oxygens (including phenoxy) is 4. The summed E-state index contributed by atoms with van der Waals surface area (Å²) in [6.45, 7) is 2.19. The van der Waals surface area contributed by atoms with Crippen molar-refractivity contribution < 1.29 is 28.5 Å². The van der Waals surface area contributed by atoms with Crippen molar-refractivity contribution in [2.45, 2.75) is 25.9 Å². The smallest absolute Gasteiger partial charge is 0.354 e. The SMILES string of the molecule is CCOC(=O)C1=NN(c2ccccc2)C(C(=O)NCc2cc(OC)c(OC)c(OC)c2)C1. The van der Waals surface area contributed by atoms with Gasteiger partial charge < -0.3 is 24.3 Å². The molecule has 1 unspecified atom stereocenters. The summed E-state index contributed by atoms with van der Waals surface area (Å²) in [5.74, 6) is 0.675. The Balaban J connectivity index is 1.78. The highest BCUT2D eigenvalue weighted by molar-refractivity contribution is 6.38. The van der Waals surface area contributed by atoms with Crippen LogP contribution in [0.25, 0.3) is 0 Å². The monoisotopic (exact) mass is 441 g/mol. The third-order valence-corrected chi connectivity index (χ3v) is 4.94. The number of anilines is 1. The van der Waals surface area contributed by atoms with Crippen molar-refractivity contribution in [3.63, 3.8) is 0 Å². The predicted octanol–water partition coefficient (Wildman–Crippen LogP) is 2.53. The molecule has 9 heteroatoms. The number of hydrogen-bond acceptors (Lipinski definition) is 8. The Kier molecular flexibility index (Phi) is 7.54. The molecule has 2 aromatic rings. The van der Waals surface area contributed by atoms with Crippen LogP contribution >= 0.6 is 0 Å². The molecule has 0 bridgehead atoms. The van der Waals surface area contributed by atoms with Gasteiger partial charge in [-0.1, -0.05) is 18.2 Å². The van der Waals surface area contributed by atoms with Crippen LogP contribution in [0.4, 0.5) is 5.69 Å². The Labute approximate surface area is 186 Å². The van der Waals surface area contributed by atoms with E-state index in [0.717, 1.165) is 5.56 Å². The molecule has 1 atom stereocenters. The van der Waals surface area contributed by atoms with Crippen molar-refractivity contribution in [1.29, 1.82) is 0 Å². The zero-order chi connectivity index (χ0) is 23.1. The normalized spacial score (nSPS) is 15.1. The fourth-order valence-corrected chi connectivity index (χ4v) is 3.42. The largest absolute Gasteiger partial charge is 0.493 e. The Hall–Kier alpha value is -3.75. The van der Waals surface area contributed by atoms with E-state index < -0.39 is 12.0 Å². The van der Waals surface area contributed by atoms with Gasteiger partial charge in [0, 0.05) is 13.0 Å². The zero-order valence-electron chi connectivity index (χ0n) is 18.6. The number of benzene rings is 2. The third-order valence-electron chi connectivity index (χ3n) is 4.94. The summed E-state index contributed by atoms with van der Waals surface area (Å²) in [6.07, 6.45) is 0.148. The molecule has 0 spiro atoms. The summed E-state index contributed by atoms with van der Waals surface area (Å²) in [4.78, 5) is 25.3. The number of nitrogens with one attached hydrogen (secondary N) is 1. The maximum absolute atomic E-state index is 13.1. The molecule has 0 saturated heterocycles. The van der Waals surface area contributed by atoms with E-state index in [4.69, 9.17) is 18.9 Å². The topological polar surface area (TPSA) is 98.7 Å². The van der Waals surface area contributed by atoms with E-state index >= 15 is 0 Å². The van der Waals surface area contributed by atoms with E-state index in [1.165, 1.54) is 21.3 Å². The minimum atomic E-state index is -0.682. The van der Waals surface area contributed by atoms with Gasteiger partial charge in [-0.25, -0.2) is 4.79 Å². The van der Waals surface area contributed by atoms with Crippen molar-refractivity contribution in [2.75, 3.05) is 32.9 Å². The van der Waals surface area contributed by atoms with Gasteiger partial charge in [0.15, 0.2) is 11.5 Å². The number of carbonyl (C=O) groups is 2. The molecule has 9 nitrogen and oxygen atoms in total. The number of esters is 1. The van der Waals surface area contributed by atoms with Crippen LogP contribution in [0.3, 0.4) is 0 Å². The maximum Gasteiger partial charge on any atom is 0.354 e. The van der Waals surface area contributed by atoms with Gasteiger partial charge in [-0.15, -0.1) is 0 Å². The maximum atomic E-state index is 13.1. The average molecular weight is 441 g/mol. The second-order valence-corrected chi connectivity index (χ2v) is 6.92. The molecule has 1 amide bonds. The highest BCUT2D eigenvalue weighted by Gasteiger charge is 2.36. The lowest BCUT2D eigenvalue weighted by Gasteiger charge is -2.23. The van der Waals surface area contributed by atoms with Crippen molar-refractivity contribution in [3.05, 3.63) is 48.0 Å². The minimum absolute atomic E-state index is 0.148. The number of rotatable bonds is 9. The molecule has 1 N–H and O–H groups in total. The van der Waals surface area contributed by atoms with Crippen LogP contribution < -0.4 is 24.5 Å². The van der Waals surface area contributed by atoms with E-state index in [-0.39, 0.29) is 31.2 Å². The minimum Gasteiger partial charge on any atom is -0.493 e. The number of hydrogen-bond donors (Lipinski definition) is 1. The summed E-state index contributed by atoms with van der Waals surface area (Å²) in [7, 11) is 4.59. The lowest BCUT2D eigenvalue weighted by Crippen LogP contribution is -2.42. The number of methoxy groups -OCH3 is 3. The van der Waals surface area contributed by atoms with Gasteiger partial charge in [0.25, 0.3) is 0 Å². The van der Waals surface area contributed by atoms with Crippen molar-refractivity contribution in [2.24, 2.45) is 5.10 Å². The molecule has 0 fully saturated rings. The van der Waals surface area contributed by atoms with Crippen LogP contribution in [0.15, 0.2) is 47.6 Å². The number of carbonyl (C=O) groups excluding carboxylic acids is 2. The van der Waals surface area contributed by atoms with Gasteiger partial charge in [0.1, 0.15) is 11.8 Å². The fraction of sp³-hybridized carbons (Fsp3) is 0.348. The molecule has 3 rings (SSSR count). The Morgan fingerprint density at radius 1 is 1.06 bits per heavy atom. The second kappa shape index (κ2) is 10.5. The van der Waals surface area contributed by atoms with Crippen molar-refractivity contribution >= 4 is 23.3 Å². The van der Waals surface area contributed by atoms with Gasteiger partial charge in [0.2, 0.25) is 11.7 Å². The molecular formula is C23H27N3O6. The molecule has 170 valence electrons. The molecule has 0 aliphatic carbocycles. The molecule has 32 heavy (non-hydrogen) atoms. The molecular weight excluding hydrogens is 414 g/mol. The summed E-state index contributed by atoms with van der Waals surface area (Å²) >= 11 is 0. The van der Waals surface area contributed by atoms with Gasteiger partial charge >= 0.3 is 5.97 Å². The molecule has 2 aromatic carbocycles. The summed E-state index contributed by atoms with van der Waals surface area (Å²) in [6, 6.07) is 12.1. The first kappa shape index (κ1) is 22.9. The number of amides is 1. The lowest BCUT2D eigenvalue weighted by atomic mass is 10.1. The quantitative estimate of drug-likeness (QED) is 0.597. The van der Waals surface area contributed by atoms with E-state index in [0.29, 0.717) is 22.9 Å². The van der Waals surface area contributed by atoms with Crippen LogP contribution in [0.5, 0.6) is 17.2 Å². The first-order chi connectivity index (χ1) is 15.5. The molecule has 1 aliphatic heterocycles. The van der Waals surface area contributed by atoms with Gasteiger partial charge in [-0.2, -0.15) is 5.10 Å². The molecule has 1 aliphatic rings. The number of para-hydroxylation sites is 1. The molecule has 0 radical (unpaired) electrons. The first-order valence-corrected chi connectivity index (χ1v) is 10.2. The molecule has 0 aromatic heterocycles. The van der Waals surface area contributed by atoms with Crippen LogP contribution in [0, 0.1) is 0 Å². The standard InChI is InChI=1S/C23H27N3O6/c1-5-32-23(28)17-13-18(26(25-17)16-9-7-6-8-10-16)22(27)24-14-15-11-19(29-2)21(31-4)20(12-15)30-3/h6-12,18H,5,13-14H2,1-4H3,(H,24,27). The van der Waals surface area contributed by atoms with Crippen molar-refractivity contribution in [3.8, 4) is 17.2 Å². The summed E-state index contributed by atoms with van der Waals surface area (Å²) in [5.41, 5.74) is 1.69. The van der Waals surface area contributed by atoms with Crippen LogP contribution in [-0.4, -0.2) is 51.6 Å². The Morgan fingerprint density at radius 3 is 2.28 bits per heavy atom. The Morgan fingerprint density at radius 2 is 1.72 bits per heavy atom. The van der Waals surface area contributed by atoms with Crippen molar-refractivity contribution in [1.82, 2.24) is 5.32 Å². The average Bonchev–Trinajstić information content (AvgIpc) is 3.28.